The monoisotopic (exact) mass is 502 g/mol. The SMILES string of the molecule is CC(C)(C)OC(=O)CN1C(=O)N(Cc2ccccc2)C2(CCN(C(=O)c3ccc(C#N)cc3)CC2)C1=O. The molecule has 0 bridgehead atoms. The normalized spacial score (nSPS) is 17.2. The Morgan fingerprint density at radius 2 is 1.62 bits per heavy atom. The molecule has 4 amide bonds. The molecule has 2 aromatic rings. The average Bonchev–Trinajstić information content (AvgIpc) is 3.05. The summed E-state index contributed by atoms with van der Waals surface area (Å²) in [5, 5.41) is 9.00. The Labute approximate surface area is 216 Å². The Morgan fingerprint density at radius 3 is 2.19 bits per heavy atom. The highest BCUT2D eigenvalue weighted by atomic mass is 16.6. The number of imide groups is 1. The van der Waals surface area contributed by atoms with Crippen molar-refractivity contribution in [3.05, 3.63) is 71.3 Å². The average molecular weight is 503 g/mol. The number of piperidine rings is 1. The highest BCUT2D eigenvalue weighted by Gasteiger charge is 2.58. The minimum atomic E-state index is -1.16. The number of carbonyl (C=O) groups is 4. The molecule has 2 aliphatic heterocycles. The Balaban J connectivity index is 1.56. The van der Waals surface area contributed by atoms with E-state index in [1.807, 2.05) is 36.4 Å². The van der Waals surface area contributed by atoms with Crippen LogP contribution in [0.2, 0.25) is 0 Å². The van der Waals surface area contributed by atoms with Crippen LogP contribution in [0.25, 0.3) is 0 Å². The summed E-state index contributed by atoms with van der Waals surface area (Å²) in [4.78, 5) is 57.0. The lowest BCUT2D eigenvalue weighted by atomic mass is 9.85. The third-order valence-electron chi connectivity index (χ3n) is 6.65. The molecule has 9 nitrogen and oxygen atoms in total. The number of benzene rings is 2. The van der Waals surface area contributed by atoms with Crippen LogP contribution in [0, 0.1) is 11.3 Å². The molecule has 192 valence electrons. The van der Waals surface area contributed by atoms with Gasteiger partial charge in [0.2, 0.25) is 0 Å². The number of esters is 1. The van der Waals surface area contributed by atoms with Gasteiger partial charge in [0.05, 0.1) is 11.6 Å². The van der Waals surface area contributed by atoms with Gasteiger partial charge in [0, 0.05) is 25.2 Å². The molecule has 4 rings (SSSR count). The zero-order valence-electron chi connectivity index (χ0n) is 21.3. The highest BCUT2D eigenvalue weighted by molar-refractivity contribution is 6.09. The summed E-state index contributed by atoms with van der Waals surface area (Å²) in [6.45, 7) is 5.45. The third-order valence-corrected chi connectivity index (χ3v) is 6.65. The number of carbonyl (C=O) groups excluding carboxylic acids is 4. The van der Waals surface area contributed by atoms with Crippen molar-refractivity contribution in [3.8, 4) is 6.07 Å². The Hall–Kier alpha value is -4.19. The predicted octanol–water partition coefficient (Wildman–Crippen LogP) is 3.34. The summed E-state index contributed by atoms with van der Waals surface area (Å²) >= 11 is 0. The van der Waals surface area contributed by atoms with Gasteiger partial charge in [-0.05, 0) is 63.4 Å². The fraction of sp³-hybridized carbons (Fsp3) is 0.393. The van der Waals surface area contributed by atoms with Crippen LogP contribution in [0.15, 0.2) is 54.6 Å². The fourth-order valence-electron chi connectivity index (χ4n) is 4.84. The van der Waals surface area contributed by atoms with Gasteiger partial charge >= 0.3 is 12.0 Å². The van der Waals surface area contributed by atoms with Crippen LogP contribution in [0.3, 0.4) is 0 Å². The van der Waals surface area contributed by atoms with E-state index in [0.717, 1.165) is 10.5 Å². The van der Waals surface area contributed by atoms with Crippen LogP contribution in [-0.4, -0.2) is 69.3 Å². The van der Waals surface area contributed by atoms with E-state index in [-0.39, 0.29) is 38.4 Å². The van der Waals surface area contributed by atoms with E-state index in [1.54, 1.807) is 54.8 Å². The largest absolute Gasteiger partial charge is 0.459 e. The lowest BCUT2D eigenvalue weighted by molar-refractivity contribution is -0.157. The fourth-order valence-corrected chi connectivity index (χ4v) is 4.84. The van der Waals surface area contributed by atoms with Gasteiger partial charge in [0.1, 0.15) is 17.7 Å². The summed E-state index contributed by atoms with van der Waals surface area (Å²) in [6, 6.07) is 17.3. The van der Waals surface area contributed by atoms with Gasteiger partial charge in [-0.2, -0.15) is 5.26 Å². The number of hydrogen-bond acceptors (Lipinski definition) is 6. The molecule has 0 aromatic heterocycles. The van der Waals surface area contributed by atoms with E-state index in [1.165, 1.54) is 0 Å². The van der Waals surface area contributed by atoms with Gasteiger partial charge in [-0.3, -0.25) is 19.3 Å². The van der Waals surface area contributed by atoms with Crippen LogP contribution in [0.4, 0.5) is 4.79 Å². The van der Waals surface area contributed by atoms with Crippen LogP contribution in [-0.2, 0) is 20.9 Å². The first-order valence-electron chi connectivity index (χ1n) is 12.2. The minimum Gasteiger partial charge on any atom is -0.459 e. The lowest BCUT2D eigenvalue weighted by Gasteiger charge is -2.42. The molecule has 0 aliphatic carbocycles. The molecule has 1 spiro atoms. The van der Waals surface area contributed by atoms with Gasteiger partial charge in [-0.15, -0.1) is 0 Å². The van der Waals surface area contributed by atoms with Crippen molar-refractivity contribution < 1.29 is 23.9 Å². The smallest absolute Gasteiger partial charge is 0.328 e. The van der Waals surface area contributed by atoms with Gasteiger partial charge < -0.3 is 14.5 Å². The number of ether oxygens (including phenoxy) is 1. The van der Waals surface area contributed by atoms with Crippen LogP contribution >= 0.6 is 0 Å². The van der Waals surface area contributed by atoms with Crippen molar-refractivity contribution in [3.63, 3.8) is 0 Å². The van der Waals surface area contributed by atoms with Crippen molar-refractivity contribution in [2.75, 3.05) is 19.6 Å². The summed E-state index contributed by atoms with van der Waals surface area (Å²) in [5.74, 6) is -1.29. The Kier molecular flexibility index (Phi) is 7.03. The number of urea groups is 1. The molecule has 0 N–H and O–H groups in total. The molecule has 37 heavy (non-hydrogen) atoms. The summed E-state index contributed by atoms with van der Waals surface area (Å²) < 4.78 is 5.36. The topological polar surface area (TPSA) is 111 Å². The van der Waals surface area contributed by atoms with Crippen molar-refractivity contribution >= 4 is 23.8 Å². The number of rotatable bonds is 5. The predicted molar refractivity (Wildman–Crippen MR) is 134 cm³/mol. The Morgan fingerprint density at radius 1 is 1.00 bits per heavy atom. The van der Waals surface area contributed by atoms with E-state index >= 15 is 0 Å². The van der Waals surface area contributed by atoms with Crippen LogP contribution in [0.1, 0.15) is 55.1 Å². The summed E-state index contributed by atoms with van der Waals surface area (Å²) in [5.41, 5.74) is -0.127. The van der Waals surface area contributed by atoms with Gasteiger partial charge in [0.25, 0.3) is 11.8 Å². The summed E-state index contributed by atoms with van der Waals surface area (Å²) in [7, 11) is 0. The number of likely N-dealkylation sites (tertiary alicyclic amines) is 1. The van der Waals surface area contributed by atoms with Crippen molar-refractivity contribution in [1.82, 2.24) is 14.7 Å². The second-order valence-corrected chi connectivity index (χ2v) is 10.3. The molecule has 2 aliphatic rings. The highest BCUT2D eigenvalue weighted by Crippen LogP contribution is 2.39. The molecule has 2 fully saturated rings. The first-order valence-corrected chi connectivity index (χ1v) is 12.2. The quantitative estimate of drug-likeness (QED) is 0.458. The standard InChI is InChI=1S/C28H30N4O5/c1-27(2,3)37-23(33)19-31-25(35)28(32(26(31)36)18-21-7-5-4-6-8-21)13-15-30(16-14-28)24(34)22-11-9-20(17-29)10-12-22/h4-12H,13-16,18-19H2,1-3H3. The molecule has 0 radical (unpaired) electrons. The number of amides is 4. The molecule has 2 aromatic carbocycles. The second kappa shape index (κ2) is 10.1. The van der Waals surface area contributed by atoms with Crippen molar-refractivity contribution in [2.24, 2.45) is 0 Å². The number of nitriles is 1. The zero-order valence-corrected chi connectivity index (χ0v) is 21.3. The molecule has 2 saturated heterocycles. The molecule has 0 saturated carbocycles. The van der Waals surface area contributed by atoms with E-state index < -0.39 is 35.6 Å². The number of hydrogen-bond donors (Lipinski definition) is 0. The number of nitrogens with zero attached hydrogens (tertiary/aromatic N) is 4. The second-order valence-electron chi connectivity index (χ2n) is 10.3. The maximum Gasteiger partial charge on any atom is 0.328 e. The summed E-state index contributed by atoms with van der Waals surface area (Å²) in [6.07, 6.45) is 0.495. The van der Waals surface area contributed by atoms with Crippen molar-refractivity contribution in [1.29, 1.82) is 5.26 Å². The molecule has 0 unspecified atom stereocenters. The first-order chi connectivity index (χ1) is 17.5. The third kappa shape index (κ3) is 5.33. The maximum absolute atomic E-state index is 13.7. The van der Waals surface area contributed by atoms with Crippen molar-refractivity contribution in [2.45, 2.75) is 51.3 Å². The minimum absolute atomic E-state index is 0.198. The lowest BCUT2D eigenvalue weighted by Crippen LogP contribution is -2.57. The molecule has 2 heterocycles. The van der Waals surface area contributed by atoms with Crippen LogP contribution < -0.4 is 0 Å². The maximum atomic E-state index is 13.7. The Bertz CT molecular complexity index is 1240. The van der Waals surface area contributed by atoms with Gasteiger partial charge in [-0.25, -0.2) is 4.79 Å². The van der Waals surface area contributed by atoms with E-state index in [9.17, 15) is 19.2 Å². The molecular formula is C28H30N4O5. The molecular weight excluding hydrogens is 472 g/mol. The van der Waals surface area contributed by atoms with E-state index in [2.05, 4.69) is 0 Å². The molecule has 9 heteroatoms. The van der Waals surface area contributed by atoms with Gasteiger partial charge in [0.15, 0.2) is 0 Å². The molecule has 0 atom stereocenters. The van der Waals surface area contributed by atoms with Crippen LogP contribution in [0.5, 0.6) is 0 Å². The van der Waals surface area contributed by atoms with Gasteiger partial charge in [-0.1, -0.05) is 30.3 Å². The first kappa shape index (κ1) is 25.9. The van der Waals surface area contributed by atoms with E-state index in [0.29, 0.717) is 11.1 Å². The zero-order chi connectivity index (χ0) is 26.8. The van der Waals surface area contributed by atoms with E-state index in [4.69, 9.17) is 10.00 Å².